The standard InChI is InChI=1S/C12H24O5Si/c1-4-15-18(16-5-2,17-6-3)8-7-11(13)9-12-10-14-12/h12H,4-10H2,1-3H3. The molecule has 0 N–H and O–H groups in total. The zero-order valence-corrected chi connectivity index (χ0v) is 12.6. The molecule has 5 nitrogen and oxygen atoms in total. The van der Waals surface area contributed by atoms with Crippen molar-refractivity contribution in [1.29, 1.82) is 0 Å². The number of ketones is 1. The molecule has 106 valence electrons. The van der Waals surface area contributed by atoms with Crippen LogP contribution in [0.1, 0.15) is 33.6 Å². The Kier molecular flexibility index (Phi) is 7.02. The van der Waals surface area contributed by atoms with E-state index >= 15 is 0 Å². The van der Waals surface area contributed by atoms with Crippen molar-refractivity contribution < 1.29 is 22.8 Å². The fourth-order valence-corrected chi connectivity index (χ4v) is 4.42. The predicted octanol–water partition coefficient (Wildman–Crippen LogP) is 1.78. The average molecular weight is 276 g/mol. The molecule has 0 spiro atoms. The lowest BCUT2D eigenvalue weighted by Crippen LogP contribution is -2.46. The van der Waals surface area contributed by atoms with E-state index in [1.54, 1.807) is 0 Å². The van der Waals surface area contributed by atoms with Crippen LogP contribution in [-0.2, 0) is 22.8 Å². The van der Waals surface area contributed by atoms with Gasteiger partial charge in [-0.3, -0.25) is 4.79 Å². The molecule has 0 saturated carbocycles. The molecule has 0 aromatic carbocycles. The summed E-state index contributed by atoms with van der Waals surface area (Å²) in [5.41, 5.74) is 0. The molecule has 18 heavy (non-hydrogen) atoms. The Morgan fingerprint density at radius 2 is 1.67 bits per heavy atom. The maximum atomic E-state index is 11.7. The molecule has 0 amide bonds. The third-order valence-electron chi connectivity index (χ3n) is 2.66. The van der Waals surface area contributed by atoms with Crippen LogP contribution in [0.4, 0.5) is 0 Å². The monoisotopic (exact) mass is 276 g/mol. The highest BCUT2D eigenvalue weighted by Gasteiger charge is 2.40. The van der Waals surface area contributed by atoms with Gasteiger partial charge in [-0.05, 0) is 20.8 Å². The van der Waals surface area contributed by atoms with Crippen LogP contribution in [0.25, 0.3) is 0 Å². The van der Waals surface area contributed by atoms with Crippen molar-refractivity contribution in [1.82, 2.24) is 0 Å². The Balaban J connectivity index is 2.43. The van der Waals surface area contributed by atoms with Gasteiger partial charge in [-0.15, -0.1) is 0 Å². The highest BCUT2D eigenvalue weighted by atomic mass is 28.4. The van der Waals surface area contributed by atoms with E-state index in [1.165, 1.54) is 0 Å². The molecule has 1 unspecified atom stereocenters. The van der Waals surface area contributed by atoms with Crippen LogP contribution in [0.2, 0.25) is 6.04 Å². The van der Waals surface area contributed by atoms with Gasteiger partial charge in [0, 0.05) is 38.7 Å². The minimum absolute atomic E-state index is 0.153. The molecule has 1 aliphatic rings. The molecule has 1 rings (SSSR count). The molecule has 0 aliphatic carbocycles. The number of carbonyl (C=O) groups excluding carboxylic acids is 1. The quantitative estimate of drug-likeness (QED) is 0.425. The smallest absolute Gasteiger partial charge is 0.374 e. The predicted molar refractivity (Wildman–Crippen MR) is 69.4 cm³/mol. The minimum Gasteiger partial charge on any atom is -0.374 e. The van der Waals surface area contributed by atoms with Crippen molar-refractivity contribution in [2.24, 2.45) is 0 Å². The van der Waals surface area contributed by atoms with E-state index in [2.05, 4.69) is 0 Å². The highest BCUT2D eigenvalue weighted by Crippen LogP contribution is 2.21. The van der Waals surface area contributed by atoms with Gasteiger partial charge in [0.25, 0.3) is 0 Å². The number of epoxide rings is 1. The first-order valence-electron chi connectivity index (χ1n) is 6.71. The lowest BCUT2D eigenvalue weighted by atomic mass is 10.2. The molecule has 0 aromatic heterocycles. The van der Waals surface area contributed by atoms with Gasteiger partial charge in [-0.1, -0.05) is 0 Å². The topological polar surface area (TPSA) is 57.3 Å². The lowest BCUT2D eigenvalue weighted by Gasteiger charge is -2.28. The molecule has 1 aliphatic heterocycles. The summed E-state index contributed by atoms with van der Waals surface area (Å²) in [6.45, 7) is 8.11. The van der Waals surface area contributed by atoms with Gasteiger partial charge in [0.15, 0.2) is 0 Å². The van der Waals surface area contributed by atoms with Gasteiger partial charge < -0.3 is 18.0 Å². The van der Waals surface area contributed by atoms with Crippen LogP contribution in [0.5, 0.6) is 0 Å². The molecule has 0 aromatic rings. The molecular weight excluding hydrogens is 252 g/mol. The van der Waals surface area contributed by atoms with Crippen LogP contribution in [0, 0.1) is 0 Å². The fraction of sp³-hybridized carbons (Fsp3) is 0.917. The number of hydrogen-bond acceptors (Lipinski definition) is 5. The summed E-state index contributed by atoms with van der Waals surface area (Å²) in [4.78, 5) is 11.7. The van der Waals surface area contributed by atoms with E-state index in [1.807, 2.05) is 20.8 Å². The summed E-state index contributed by atoms with van der Waals surface area (Å²) in [6, 6.07) is 0.564. The normalized spacial score (nSPS) is 18.9. The van der Waals surface area contributed by atoms with Crippen molar-refractivity contribution in [2.45, 2.75) is 45.8 Å². The van der Waals surface area contributed by atoms with Crippen LogP contribution in [0.3, 0.4) is 0 Å². The molecule has 1 atom stereocenters. The molecule has 6 heteroatoms. The van der Waals surface area contributed by atoms with Gasteiger partial charge in [0.1, 0.15) is 5.78 Å². The first-order valence-corrected chi connectivity index (χ1v) is 8.64. The van der Waals surface area contributed by atoms with Crippen molar-refractivity contribution in [3.05, 3.63) is 0 Å². The third-order valence-corrected chi connectivity index (χ3v) is 5.71. The maximum Gasteiger partial charge on any atom is 0.501 e. The molecule has 1 fully saturated rings. The summed E-state index contributed by atoms with van der Waals surface area (Å²) in [5.74, 6) is 0.202. The maximum absolute atomic E-state index is 11.7. The second kappa shape index (κ2) is 8.01. The van der Waals surface area contributed by atoms with E-state index < -0.39 is 8.80 Å². The Labute approximate surface area is 110 Å². The van der Waals surface area contributed by atoms with Gasteiger partial charge in [0.05, 0.1) is 12.7 Å². The summed E-state index contributed by atoms with van der Waals surface area (Å²) >= 11 is 0. The summed E-state index contributed by atoms with van der Waals surface area (Å²) < 4.78 is 22.1. The first-order chi connectivity index (χ1) is 8.65. The second-order valence-corrected chi connectivity index (χ2v) is 6.91. The number of carbonyl (C=O) groups is 1. The Hall–Kier alpha value is -0.273. The van der Waals surface area contributed by atoms with E-state index in [-0.39, 0.29) is 11.9 Å². The van der Waals surface area contributed by atoms with Crippen LogP contribution < -0.4 is 0 Å². The summed E-state index contributed by atoms with van der Waals surface area (Å²) in [7, 11) is -2.65. The van der Waals surface area contributed by atoms with Crippen LogP contribution in [-0.4, -0.2) is 47.1 Å². The van der Waals surface area contributed by atoms with Crippen molar-refractivity contribution in [3.63, 3.8) is 0 Å². The largest absolute Gasteiger partial charge is 0.501 e. The molecule has 0 bridgehead atoms. The number of hydrogen-bond donors (Lipinski definition) is 0. The summed E-state index contributed by atoms with van der Waals surface area (Å²) in [5, 5.41) is 0. The molecule has 1 heterocycles. The Bertz CT molecular complexity index is 238. The van der Waals surface area contributed by atoms with Gasteiger partial charge >= 0.3 is 8.80 Å². The average Bonchev–Trinajstić information content (AvgIpc) is 3.11. The van der Waals surface area contributed by atoms with E-state index in [0.29, 0.717) is 38.7 Å². The van der Waals surface area contributed by atoms with E-state index in [0.717, 1.165) is 6.61 Å². The van der Waals surface area contributed by atoms with Crippen molar-refractivity contribution in [3.8, 4) is 0 Å². The number of ether oxygens (including phenoxy) is 1. The molecule has 0 radical (unpaired) electrons. The van der Waals surface area contributed by atoms with Gasteiger partial charge in [-0.2, -0.15) is 0 Å². The second-order valence-electron chi connectivity index (χ2n) is 4.18. The number of Topliss-reactive ketones (excluding diaryl/α,β-unsaturated/α-hetero) is 1. The van der Waals surface area contributed by atoms with Crippen molar-refractivity contribution in [2.75, 3.05) is 26.4 Å². The minimum atomic E-state index is -2.65. The van der Waals surface area contributed by atoms with Gasteiger partial charge in [0.2, 0.25) is 0 Å². The third kappa shape index (κ3) is 5.58. The fourth-order valence-electron chi connectivity index (χ4n) is 1.84. The molecule has 1 saturated heterocycles. The SMILES string of the molecule is CCO[Si](CCC(=O)CC1CO1)(OCC)OCC. The van der Waals surface area contributed by atoms with Gasteiger partial charge in [-0.25, -0.2) is 0 Å². The van der Waals surface area contributed by atoms with Crippen LogP contribution >= 0.6 is 0 Å². The van der Waals surface area contributed by atoms with Crippen LogP contribution in [0.15, 0.2) is 0 Å². The summed E-state index contributed by atoms with van der Waals surface area (Å²) in [6.07, 6.45) is 1.11. The first kappa shape index (κ1) is 15.8. The van der Waals surface area contributed by atoms with E-state index in [9.17, 15) is 4.79 Å². The zero-order chi connectivity index (χ0) is 13.4. The van der Waals surface area contributed by atoms with E-state index in [4.69, 9.17) is 18.0 Å². The molecular formula is C12H24O5Si. The number of rotatable bonds is 11. The Morgan fingerprint density at radius 1 is 1.17 bits per heavy atom. The Morgan fingerprint density at radius 3 is 2.06 bits per heavy atom. The van der Waals surface area contributed by atoms with Crippen molar-refractivity contribution >= 4 is 14.6 Å². The lowest BCUT2D eigenvalue weighted by molar-refractivity contribution is -0.119. The highest BCUT2D eigenvalue weighted by molar-refractivity contribution is 6.61. The zero-order valence-electron chi connectivity index (χ0n) is 11.6.